The summed E-state index contributed by atoms with van der Waals surface area (Å²) in [6.07, 6.45) is -4.71. The standard InChI is InChI=1S/C15H13ClF3NO/c1-10-6-7-13(12(16)8-10)20-9-11-4-2-3-5-14(11)21-15(17,18)19/h2-8,20H,9H2,1H3. The lowest BCUT2D eigenvalue weighted by atomic mass is 10.2. The Morgan fingerprint density at radius 1 is 1.14 bits per heavy atom. The third-order valence-electron chi connectivity index (χ3n) is 2.79. The fraction of sp³-hybridized carbons (Fsp3) is 0.200. The van der Waals surface area contributed by atoms with Crippen molar-refractivity contribution in [2.45, 2.75) is 19.8 Å². The number of halogens is 4. The predicted octanol–water partition coefficient (Wildman–Crippen LogP) is 5.16. The van der Waals surface area contributed by atoms with Crippen LogP contribution in [-0.2, 0) is 6.54 Å². The van der Waals surface area contributed by atoms with Crippen molar-refractivity contribution in [3.8, 4) is 5.75 Å². The molecule has 2 nitrogen and oxygen atoms in total. The maximum atomic E-state index is 12.3. The Balaban J connectivity index is 2.13. The molecule has 0 saturated heterocycles. The molecule has 21 heavy (non-hydrogen) atoms. The number of rotatable bonds is 4. The van der Waals surface area contributed by atoms with E-state index in [2.05, 4.69) is 10.1 Å². The highest BCUT2D eigenvalue weighted by molar-refractivity contribution is 6.33. The fourth-order valence-corrected chi connectivity index (χ4v) is 2.13. The van der Waals surface area contributed by atoms with Gasteiger partial charge in [0.1, 0.15) is 5.75 Å². The van der Waals surface area contributed by atoms with Crippen molar-refractivity contribution < 1.29 is 17.9 Å². The number of anilines is 1. The Bertz CT molecular complexity index is 629. The van der Waals surface area contributed by atoms with Gasteiger partial charge >= 0.3 is 6.36 Å². The Hall–Kier alpha value is -1.88. The normalized spacial score (nSPS) is 11.3. The van der Waals surface area contributed by atoms with Gasteiger partial charge in [0.2, 0.25) is 0 Å². The van der Waals surface area contributed by atoms with Crippen LogP contribution in [0.15, 0.2) is 42.5 Å². The van der Waals surface area contributed by atoms with E-state index in [0.717, 1.165) is 5.56 Å². The van der Waals surface area contributed by atoms with E-state index in [1.54, 1.807) is 24.3 Å². The summed E-state index contributed by atoms with van der Waals surface area (Å²) in [7, 11) is 0. The summed E-state index contributed by atoms with van der Waals surface area (Å²) >= 11 is 6.07. The summed E-state index contributed by atoms with van der Waals surface area (Å²) in [6.45, 7) is 2.08. The number of hydrogen-bond donors (Lipinski definition) is 1. The topological polar surface area (TPSA) is 21.3 Å². The minimum atomic E-state index is -4.71. The molecule has 2 rings (SSSR count). The molecule has 0 amide bonds. The molecular formula is C15H13ClF3NO. The first-order valence-electron chi connectivity index (χ1n) is 6.19. The lowest BCUT2D eigenvalue weighted by Crippen LogP contribution is -2.18. The van der Waals surface area contributed by atoms with Gasteiger partial charge < -0.3 is 10.1 Å². The Labute approximate surface area is 125 Å². The third kappa shape index (κ3) is 4.56. The van der Waals surface area contributed by atoms with Gasteiger partial charge in [-0.05, 0) is 30.7 Å². The average Bonchev–Trinajstić information content (AvgIpc) is 2.37. The molecule has 0 radical (unpaired) electrons. The number of benzene rings is 2. The van der Waals surface area contributed by atoms with Gasteiger partial charge in [0, 0.05) is 12.1 Å². The Morgan fingerprint density at radius 3 is 2.52 bits per heavy atom. The van der Waals surface area contributed by atoms with Crippen molar-refractivity contribution in [1.82, 2.24) is 0 Å². The minimum Gasteiger partial charge on any atom is -0.405 e. The Kier molecular flexibility index (Phi) is 4.63. The smallest absolute Gasteiger partial charge is 0.405 e. The average molecular weight is 316 g/mol. The first kappa shape index (κ1) is 15.5. The van der Waals surface area contributed by atoms with Gasteiger partial charge in [-0.25, -0.2) is 0 Å². The van der Waals surface area contributed by atoms with Crippen LogP contribution in [0.25, 0.3) is 0 Å². The molecule has 2 aromatic carbocycles. The molecule has 2 aromatic rings. The van der Waals surface area contributed by atoms with Crippen molar-refractivity contribution in [2.75, 3.05) is 5.32 Å². The fourth-order valence-electron chi connectivity index (χ4n) is 1.83. The lowest BCUT2D eigenvalue weighted by molar-refractivity contribution is -0.274. The van der Waals surface area contributed by atoms with Crippen molar-refractivity contribution in [3.63, 3.8) is 0 Å². The molecule has 6 heteroatoms. The molecule has 0 atom stereocenters. The predicted molar refractivity (Wildman–Crippen MR) is 76.6 cm³/mol. The molecular weight excluding hydrogens is 303 g/mol. The molecule has 0 fully saturated rings. The summed E-state index contributed by atoms with van der Waals surface area (Å²) in [5.74, 6) is -0.222. The van der Waals surface area contributed by atoms with Gasteiger partial charge in [-0.2, -0.15) is 0 Å². The van der Waals surface area contributed by atoms with Gasteiger partial charge in [-0.3, -0.25) is 0 Å². The van der Waals surface area contributed by atoms with Gasteiger partial charge in [-0.15, -0.1) is 13.2 Å². The minimum absolute atomic E-state index is 0.176. The van der Waals surface area contributed by atoms with Crippen molar-refractivity contribution in [1.29, 1.82) is 0 Å². The SMILES string of the molecule is Cc1ccc(NCc2ccccc2OC(F)(F)F)c(Cl)c1. The molecule has 0 aliphatic carbocycles. The monoisotopic (exact) mass is 315 g/mol. The molecule has 0 aliphatic rings. The number of ether oxygens (including phenoxy) is 1. The van der Waals surface area contributed by atoms with Crippen LogP contribution in [0, 0.1) is 6.92 Å². The number of para-hydroxylation sites is 1. The molecule has 0 aromatic heterocycles. The molecule has 0 unspecified atom stereocenters. The van der Waals surface area contributed by atoms with Crippen molar-refractivity contribution in [2.24, 2.45) is 0 Å². The highest BCUT2D eigenvalue weighted by Gasteiger charge is 2.31. The van der Waals surface area contributed by atoms with Crippen LogP contribution in [0.1, 0.15) is 11.1 Å². The zero-order chi connectivity index (χ0) is 15.5. The summed E-state index contributed by atoms with van der Waals surface area (Å²) < 4.78 is 41.0. The largest absolute Gasteiger partial charge is 0.573 e. The van der Waals surface area contributed by atoms with Crippen LogP contribution in [0.3, 0.4) is 0 Å². The summed E-state index contributed by atoms with van der Waals surface area (Å²) in [6, 6.07) is 11.4. The zero-order valence-corrected chi connectivity index (χ0v) is 11.9. The van der Waals surface area contributed by atoms with Crippen LogP contribution in [-0.4, -0.2) is 6.36 Å². The second kappa shape index (κ2) is 6.26. The number of nitrogens with one attached hydrogen (secondary N) is 1. The lowest BCUT2D eigenvalue weighted by Gasteiger charge is -2.14. The molecule has 0 saturated carbocycles. The van der Waals surface area contributed by atoms with E-state index >= 15 is 0 Å². The van der Waals surface area contributed by atoms with E-state index in [9.17, 15) is 13.2 Å². The maximum absolute atomic E-state index is 12.3. The molecule has 0 spiro atoms. The number of aryl methyl sites for hydroxylation is 1. The van der Waals surface area contributed by atoms with E-state index in [4.69, 9.17) is 11.6 Å². The van der Waals surface area contributed by atoms with Crippen LogP contribution < -0.4 is 10.1 Å². The van der Waals surface area contributed by atoms with E-state index in [1.807, 2.05) is 13.0 Å². The first-order valence-corrected chi connectivity index (χ1v) is 6.56. The zero-order valence-electron chi connectivity index (χ0n) is 11.2. The van der Waals surface area contributed by atoms with E-state index < -0.39 is 6.36 Å². The number of hydrogen-bond acceptors (Lipinski definition) is 2. The summed E-state index contributed by atoms with van der Waals surface area (Å²) in [4.78, 5) is 0. The highest BCUT2D eigenvalue weighted by atomic mass is 35.5. The quantitative estimate of drug-likeness (QED) is 0.841. The van der Waals surface area contributed by atoms with Crippen LogP contribution >= 0.6 is 11.6 Å². The third-order valence-corrected chi connectivity index (χ3v) is 3.10. The highest BCUT2D eigenvalue weighted by Crippen LogP contribution is 2.28. The van der Waals surface area contributed by atoms with Crippen LogP contribution in [0.5, 0.6) is 5.75 Å². The van der Waals surface area contributed by atoms with Gasteiger partial charge in [0.05, 0.1) is 10.7 Å². The maximum Gasteiger partial charge on any atom is 0.573 e. The number of alkyl halides is 3. The first-order chi connectivity index (χ1) is 9.85. The van der Waals surface area contributed by atoms with Crippen LogP contribution in [0.2, 0.25) is 5.02 Å². The summed E-state index contributed by atoms with van der Waals surface area (Å²) in [5, 5.41) is 3.52. The van der Waals surface area contributed by atoms with Crippen molar-refractivity contribution in [3.05, 3.63) is 58.6 Å². The van der Waals surface area contributed by atoms with Crippen molar-refractivity contribution >= 4 is 17.3 Å². The van der Waals surface area contributed by atoms with E-state index in [0.29, 0.717) is 16.3 Å². The molecule has 0 bridgehead atoms. The van der Waals surface area contributed by atoms with E-state index in [1.165, 1.54) is 12.1 Å². The van der Waals surface area contributed by atoms with Gasteiger partial charge in [0.15, 0.2) is 0 Å². The summed E-state index contributed by atoms with van der Waals surface area (Å²) in [5.41, 5.74) is 2.06. The second-order valence-electron chi connectivity index (χ2n) is 4.49. The van der Waals surface area contributed by atoms with Gasteiger partial charge in [0.25, 0.3) is 0 Å². The van der Waals surface area contributed by atoms with Crippen LogP contribution in [0.4, 0.5) is 18.9 Å². The molecule has 0 aliphatic heterocycles. The Morgan fingerprint density at radius 2 is 1.86 bits per heavy atom. The molecule has 1 N–H and O–H groups in total. The molecule has 0 heterocycles. The van der Waals surface area contributed by atoms with Gasteiger partial charge in [-0.1, -0.05) is 35.9 Å². The molecule has 112 valence electrons. The second-order valence-corrected chi connectivity index (χ2v) is 4.90. The van der Waals surface area contributed by atoms with E-state index in [-0.39, 0.29) is 12.3 Å².